The number of benzene rings is 1. The molecule has 2 atom stereocenters. The highest BCUT2D eigenvalue weighted by atomic mass is 16.6. The van der Waals surface area contributed by atoms with E-state index in [1.165, 1.54) is 17.0 Å². The number of carbonyl (C=O) groups excluding carboxylic acids is 5. The third-order valence-electron chi connectivity index (χ3n) is 5.99. The molecule has 12 nitrogen and oxygen atoms in total. The van der Waals surface area contributed by atoms with Gasteiger partial charge < -0.3 is 19.9 Å². The highest BCUT2D eigenvalue weighted by molar-refractivity contribution is 6.64. The van der Waals surface area contributed by atoms with Crippen molar-refractivity contribution in [2.24, 2.45) is 5.92 Å². The van der Waals surface area contributed by atoms with E-state index in [-0.39, 0.29) is 31.7 Å². The maximum absolute atomic E-state index is 12.9. The van der Waals surface area contributed by atoms with E-state index in [1.807, 2.05) is 6.92 Å². The Morgan fingerprint density at radius 1 is 1.16 bits per heavy atom. The molecule has 3 N–H and O–H groups in total. The van der Waals surface area contributed by atoms with Crippen LogP contribution < -0.4 is 16.1 Å². The summed E-state index contributed by atoms with van der Waals surface area (Å²) in [6.45, 7) is 3.46. The second-order valence-electron chi connectivity index (χ2n) is 8.90. The van der Waals surface area contributed by atoms with Crippen LogP contribution in [0.2, 0.25) is 0 Å². The minimum atomic E-state index is -1.28. The van der Waals surface area contributed by atoms with Crippen LogP contribution in [-0.2, 0) is 28.5 Å². The van der Waals surface area contributed by atoms with E-state index in [0.29, 0.717) is 23.4 Å². The number of rotatable bonds is 13. The first-order chi connectivity index (χ1) is 17.7. The molecule has 0 spiro atoms. The van der Waals surface area contributed by atoms with Crippen LogP contribution in [0.25, 0.3) is 0 Å². The fourth-order valence-corrected chi connectivity index (χ4v) is 4.09. The van der Waals surface area contributed by atoms with Crippen LogP contribution in [0.15, 0.2) is 24.3 Å². The number of hydrogen-bond donors (Lipinski definition) is 3. The van der Waals surface area contributed by atoms with Gasteiger partial charge in [-0.3, -0.25) is 34.1 Å². The van der Waals surface area contributed by atoms with Gasteiger partial charge in [-0.05, 0) is 32.0 Å². The normalized spacial score (nSPS) is 15.9. The summed E-state index contributed by atoms with van der Waals surface area (Å²) in [6.07, 6.45) is 3.75. The maximum Gasteiger partial charge on any atom is 0.636 e. The molecule has 3 amide bonds. The first-order valence-electron chi connectivity index (χ1n) is 12.4. The summed E-state index contributed by atoms with van der Waals surface area (Å²) in [5.74, 6) is -2.71. The monoisotopic (exact) mass is 518 g/mol. The number of carbonyl (C=O) groups is 5. The average molecular weight is 518 g/mol. The number of unbranched alkanes of at least 4 members (excludes halogenated alkanes) is 2. The van der Waals surface area contributed by atoms with Crippen LogP contribution in [-0.4, -0.2) is 85.3 Å². The third-order valence-corrected chi connectivity index (χ3v) is 5.99. The second kappa shape index (κ2) is 15.0. The van der Waals surface area contributed by atoms with Crippen molar-refractivity contribution in [3.63, 3.8) is 0 Å². The lowest BCUT2D eigenvalue weighted by atomic mass is 9.77. The molecule has 0 saturated carbocycles. The molecule has 0 aliphatic carbocycles. The highest BCUT2D eigenvalue weighted by Crippen LogP contribution is 2.20. The van der Waals surface area contributed by atoms with E-state index in [4.69, 9.17) is 9.31 Å². The standard InChI is InChI=1S/C24H35BN4O8/c1-4-6-7-11-19(20(5-2)29(35)16-30)24(34)27-15-26-23(33)17-9-8-10-18(12-17)25-36-21(31)13-28(3)14-22(32)37-25/h8-10,12,16,19-20,35H,4-7,11,13-15H2,1-3H3,(H,26,33)(H,27,34)/t19-,20-/m1/s1. The van der Waals surface area contributed by atoms with Gasteiger partial charge in [0.05, 0.1) is 31.7 Å². The quantitative estimate of drug-likeness (QED) is 0.0820. The minimum Gasteiger partial charge on any atom is -0.494 e. The zero-order valence-corrected chi connectivity index (χ0v) is 21.5. The number of amides is 3. The van der Waals surface area contributed by atoms with E-state index < -0.39 is 42.8 Å². The van der Waals surface area contributed by atoms with Gasteiger partial charge in [0, 0.05) is 11.0 Å². The van der Waals surface area contributed by atoms with Gasteiger partial charge in [-0.1, -0.05) is 45.2 Å². The Kier molecular flexibility index (Phi) is 12.0. The van der Waals surface area contributed by atoms with Crippen molar-refractivity contribution in [3.8, 4) is 0 Å². The predicted octanol–water partition coefficient (Wildman–Crippen LogP) is 0.0398. The molecule has 1 aliphatic rings. The topological polar surface area (TPSA) is 155 Å². The summed E-state index contributed by atoms with van der Waals surface area (Å²) in [4.78, 5) is 62.1. The summed E-state index contributed by atoms with van der Waals surface area (Å²) >= 11 is 0. The van der Waals surface area contributed by atoms with Crippen LogP contribution in [0.1, 0.15) is 56.3 Å². The largest absolute Gasteiger partial charge is 0.636 e. The molecular weight excluding hydrogens is 483 g/mol. The SMILES string of the molecule is CCCCC[C@@H](C(=O)NCNC(=O)c1cccc(B2OC(=O)CN(C)CC(=O)O2)c1)[C@@H](CC)N(O)C=O. The summed E-state index contributed by atoms with van der Waals surface area (Å²) in [5.41, 5.74) is 0.507. The molecule has 1 heterocycles. The van der Waals surface area contributed by atoms with Crippen molar-refractivity contribution in [2.75, 3.05) is 26.8 Å². The van der Waals surface area contributed by atoms with E-state index in [2.05, 4.69) is 10.6 Å². The lowest BCUT2D eigenvalue weighted by Gasteiger charge is -2.29. The number of likely N-dealkylation sites (N-methyl/N-ethyl adjacent to an activating group) is 1. The van der Waals surface area contributed by atoms with E-state index >= 15 is 0 Å². The third kappa shape index (κ3) is 9.18. The molecule has 0 radical (unpaired) electrons. The molecular formula is C24H35BN4O8. The van der Waals surface area contributed by atoms with Crippen molar-refractivity contribution in [1.29, 1.82) is 0 Å². The Balaban J connectivity index is 2.02. The number of nitrogens with one attached hydrogen (secondary N) is 2. The predicted molar refractivity (Wildman–Crippen MR) is 133 cm³/mol. The van der Waals surface area contributed by atoms with Crippen LogP contribution in [0.3, 0.4) is 0 Å². The molecule has 1 aromatic carbocycles. The summed E-state index contributed by atoms with van der Waals surface area (Å²) in [5, 5.41) is 15.7. The van der Waals surface area contributed by atoms with Crippen molar-refractivity contribution >= 4 is 42.7 Å². The molecule has 2 rings (SSSR count). The van der Waals surface area contributed by atoms with E-state index in [9.17, 15) is 29.2 Å². The highest BCUT2D eigenvalue weighted by Gasteiger charge is 2.34. The van der Waals surface area contributed by atoms with Crippen molar-refractivity contribution in [3.05, 3.63) is 29.8 Å². The van der Waals surface area contributed by atoms with Gasteiger partial charge in [0.25, 0.3) is 5.91 Å². The fraction of sp³-hybridized carbons (Fsp3) is 0.542. The smallest absolute Gasteiger partial charge is 0.494 e. The van der Waals surface area contributed by atoms with Crippen LogP contribution in [0, 0.1) is 5.92 Å². The number of hydroxylamine groups is 2. The summed E-state index contributed by atoms with van der Waals surface area (Å²) in [6, 6.07) is 5.39. The summed E-state index contributed by atoms with van der Waals surface area (Å²) < 4.78 is 10.5. The first kappa shape index (κ1) is 29.8. The molecule has 0 unspecified atom stereocenters. The van der Waals surface area contributed by atoms with Crippen LogP contribution >= 0.6 is 0 Å². The zero-order chi connectivity index (χ0) is 27.4. The van der Waals surface area contributed by atoms with Crippen molar-refractivity contribution in [1.82, 2.24) is 20.6 Å². The van der Waals surface area contributed by atoms with E-state index in [0.717, 1.165) is 19.3 Å². The Bertz CT molecular complexity index is 942. The zero-order valence-electron chi connectivity index (χ0n) is 21.5. The molecule has 1 fully saturated rings. The van der Waals surface area contributed by atoms with Crippen LogP contribution in [0.4, 0.5) is 0 Å². The maximum atomic E-state index is 12.9. The number of nitrogens with zero attached hydrogens (tertiary/aromatic N) is 2. The lowest BCUT2D eigenvalue weighted by molar-refractivity contribution is -0.168. The molecule has 1 aliphatic heterocycles. The molecule has 13 heteroatoms. The second-order valence-corrected chi connectivity index (χ2v) is 8.90. The minimum absolute atomic E-state index is 0.0787. The molecule has 0 bridgehead atoms. The Labute approximate surface area is 216 Å². The summed E-state index contributed by atoms with van der Waals surface area (Å²) in [7, 11) is 0.306. The molecule has 0 aromatic heterocycles. The van der Waals surface area contributed by atoms with Gasteiger partial charge in [-0.2, -0.15) is 0 Å². The number of hydrogen-bond acceptors (Lipinski definition) is 9. The molecule has 1 saturated heterocycles. The van der Waals surface area contributed by atoms with Crippen LogP contribution in [0.5, 0.6) is 0 Å². The average Bonchev–Trinajstić information content (AvgIpc) is 2.86. The molecule has 1 aromatic rings. The van der Waals surface area contributed by atoms with Crippen molar-refractivity contribution in [2.45, 2.75) is 52.0 Å². The molecule has 37 heavy (non-hydrogen) atoms. The van der Waals surface area contributed by atoms with Gasteiger partial charge in [0.1, 0.15) is 0 Å². The van der Waals surface area contributed by atoms with Gasteiger partial charge in [0.15, 0.2) is 0 Å². The Morgan fingerprint density at radius 2 is 1.84 bits per heavy atom. The molecule has 202 valence electrons. The Hall–Kier alpha value is -3.45. The first-order valence-corrected chi connectivity index (χ1v) is 12.4. The van der Waals surface area contributed by atoms with Crippen molar-refractivity contribution < 1.29 is 38.5 Å². The van der Waals surface area contributed by atoms with Gasteiger partial charge in [-0.15, -0.1) is 0 Å². The van der Waals surface area contributed by atoms with Gasteiger partial charge >= 0.3 is 19.1 Å². The Morgan fingerprint density at radius 3 is 2.43 bits per heavy atom. The van der Waals surface area contributed by atoms with Gasteiger partial charge in [0.2, 0.25) is 12.3 Å². The van der Waals surface area contributed by atoms with Gasteiger partial charge in [-0.25, -0.2) is 5.06 Å². The lowest BCUT2D eigenvalue weighted by Crippen LogP contribution is -2.48. The fourth-order valence-electron chi connectivity index (χ4n) is 4.09. The van der Waals surface area contributed by atoms with E-state index in [1.54, 1.807) is 26.1 Å².